The van der Waals surface area contributed by atoms with Gasteiger partial charge in [0.2, 0.25) is 0 Å². The van der Waals surface area contributed by atoms with E-state index in [1.807, 2.05) is 21.1 Å². The summed E-state index contributed by atoms with van der Waals surface area (Å²) in [4.78, 5) is 37.5. The van der Waals surface area contributed by atoms with Gasteiger partial charge >= 0.3 is 11.9 Å². The van der Waals surface area contributed by atoms with Crippen LogP contribution in [0.3, 0.4) is 0 Å². The Hall–Kier alpha value is -5.87. The van der Waals surface area contributed by atoms with Gasteiger partial charge in [0.05, 0.1) is 40.3 Å². The van der Waals surface area contributed by atoms with Gasteiger partial charge in [-0.05, 0) is 141 Å². The quantitative estimate of drug-likeness (QED) is 0.0195. The predicted octanol–water partition coefficient (Wildman–Crippen LogP) is 20.5. The van der Waals surface area contributed by atoms with E-state index in [0.717, 1.165) is 141 Å². The summed E-state index contributed by atoms with van der Waals surface area (Å²) in [7, 11) is 5.90. The fourth-order valence-corrected chi connectivity index (χ4v) is 8.63. The van der Waals surface area contributed by atoms with Crippen molar-refractivity contribution in [3.63, 3.8) is 0 Å². The van der Waals surface area contributed by atoms with Crippen LogP contribution in [0.2, 0.25) is 0 Å². The number of allylic oxidation sites excluding steroid dienone is 32. The first-order chi connectivity index (χ1) is 43.6. The summed E-state index contributed by atoms with van der Waals surface area (Å²) in [6.07, 6.45) is 102. The highest BCUT2D eigenvalue weighted by molar-refractivity contribution is 5.70. The number of carbonyl (C=O) groups is 3. The number of quaternary nitrogens is 1. The van der Waals surface area contributed by atoms with E-state index in [1.54, 1.807) is 0 Å². The van der Waals surface area contributed by atoms with Crippen LogP contribution >= 0.6 is 0 Å². The Morgan fingerprint density at radius 3 is 0.921 bits per heavy atom. The van der Waals surface area contributed by atoms with Crippen LogP contribution in [-0.2, 0) is 33.3 Å². The summed E-state index contributed by atoms with van der Waals surface area (Å²) >= 11 is 0. The number of esters is 2. The van der Waals surface area contributed by atoms with Crippen LogP contribution in [0.25, 0.3) is 0 Å². The Morgan fingerprint density at radius 1 is 0.337 bits per heavy atom. The number of carboxylic acids is 1. The van der Waals surface area contributed by atoms with E-state index in [9.17, 15) is 19.5 Å². The second-order valence-corrected chi connectivity index (χ2v) is 23.3. The molecule has 9 heteroatoms. The molecule has 0 bridgehead atoms. The lowest BCUT2D eigenvalue weighted by atomic mass is 10.0. The number of carboxylic acid groups (broad SMARTS) is 1. The van der Waals surface area contributed by atoms with Gasteiger partial charge < -0.3 is 33.3 Å². The molecule has 0 aromatic carbocycles. The highest BCUT2D eigenvalue weighted by Gasteiger charge is 2.22. The molecule has 0 fully saturated rings. The zero-order valence-corrected chi connectivity index (χ0v) is 56.7. The fourth-order valence-electron chi connectivity index (χ4n) is 8.63. The maximum Gasteiger partial charge on any atom is 0.306 e. The molecule has 0 aromatic rings. The molecule has 2 atom stereocenters. The van der Waals surface area contributed by atoms with Gasteiger partial charge in [-0.1, -0.05) is 272 Å². The van der Waals surface area contributed by atoms with Gasteiger partial charge in [-0.25, -0.2) is 0 Å². The number of nitrogens with zero attached hydrogens (tertiary/aromatic N) is 1. The van der Waals surface area contributed by atoms with Crippen molar-refractivity contribution in [1.29, 1.82) is 0 Å². The summed E-state index contributed by atoms with van der Waals surface area (Å²) in [5.74, 6) is -2.37. The largest absolute Gasteiger partial charge is 0.545 e. The summed E-state index contributed by atoms with van der Waals surface area (Å²) in [6, 6.07) is 0. The Balaban J connectivity index is 4.29. The SMILES string of the molecule is CC/C=C\C/C=C\C/C=C\C/C=C\C/C=C\C/C=C\C/C=C\C/C=C\C/C=C\C/C=C\C/C=C\C/C=C\CCCCC(=O)OC(COC(=O)CCCCCCCCCCCCCC/C=C\C/C=C\C/C=C\C/C=C\CC)COC(OCC[N+](C)(C)C)C(=O)[O-]. The van der Waals surface area contributed by atoms with Gasteiger partial charge in [0.1, 0.15) is 13.2 Å². The Labute approximate surface area is 544 Å². The summed E-state index contributed by atoms with van der Waals surface area (Å²) < 4.78 is 22.7. The molecular formula is C80H125NO8. The summed E-state index contributed by atoms with van der Waals surface area (Å²) in [6.45, 7) is 4.45. The first kappa shape index (κ1) is 83.1. The molecule has 0 aliphatic rings. The summed E-state index contributed by atoms with van der Waals surface area (Å²) in [5, 5.41) is 11.8. The number of carbonyl (C=O) groups excluding carboxylic acids is 3. The van der Waals surface area contributed by atoms with Crippen LogP contribution in [-0.4, -0.2) is 82.3 Å². The van der Waals surface area contributed by atoms with E-state index in [2.05, 4.69) is 208 Å². The monoisotopic (exact) mass is 1230 g/mol. The lowest BCUT2D eigenvalue weighted by molar-refractivity contribution is -0.870. The molecule has 0 aliphatic heterocycles. The Bertz CT molecular complexity index is 2160. The minimum atomic E-state index is -1.65. The van der Waals surface area contributed by atoms with Gasteiger partial charge in [-0.2, -0.15) is 0 Å². The van der Waals surface area contributed by atoms with E-state index < -0.39 is 24.3 Å². The average molecular weight is 1230 g/mol. The van der Waals surface area contributed by atoms with Crippen LogP contribution in [0.4, 0.5) is 0 Å². The number of hydrogen-bond donors (Lipinski definition) is 0. The molecule has 498 valence electrons. The van der Waals surface area contributed by atoms with E-state index in [-0.39, 0.29) is 38.6 Å². The number of unbranched alkanes of at least 4 members (excludes halogenated alkanes) is 14. The second kappa shape index (κ2) is 68.0. The number of rotatable bonds is 61. The van der Waals surface area contributed by atoms with Crippen molar-refractivity contribution >= 4 is 17.9 Å². The first-order valence-electron chi connectivity index (χ1n) is 34.6. The number of hydrogen-bond acceptors (Lipinski definition) is 8. The van der Waals surface area contributed by atoms with Crippen molar-refractivity contribution in [2.24, 2.45) is 0 Å². The molecule has 0 saturated carbocycles. The van der Waals surface area contributed by atoms with Gasteiger partial charge in [0, 0.05) is 12.8 Å². The van der Waals surface area contributed by atoms with Crippen molar-refractivity contribution in [2.75, 3.05) is 47.5 Å². The van der Waals surface area contributed by atoms with E-state index in [0.29, 0.717) is 17.4 Å². The maximum atomic E-state index is 12.9. The third-order valence-corrected chi connectivity index (χ3v) is 13.8. The van der Waals surface area contributed by atoms with Gasteiger partial charge in [0.15, 0.2) is 12.4 Å². The normalized spacial score (nSPS) is 13.9. The predicted molar refractivity (Wildman–Crippen MR) is 379 cm³/mol. The van der Waals surface area contributed by atoms with E-state index >= 15 is 0 Å². The number of aliphatic carboxylic acids is 1. The second-order valence-electron chi connectivity index (χ2n) is 23.3. The molecule has 9 nitrogen and oxygen atoms in total. The molecule has 0 amide bonds. The van der Waals surface area contributed by atoms with Crippen LogP contribution in [0.1, 0.15) is 232 Å². The highest BCUT2D eigenvalue weighted by atomic mass is 16.7. The van der Waals surface area contributed by atoms with E-state index in [4.69, 9.17) is 18.9 Å². The average Bonchev–Trinajstić information content (AvgIpc) is 3.64. The van der Waals surface area contributed by atoms with Crippen LogP contribution in [0.5, 0.6) is 0 Å². The number of ether oxygens (including phenoxy) is 4. The van der Waals surface area contributed by atoms with Crippen molar-refractivity contribution in [3.05, 3.63) is 194 Å². The lowest BCUT2D eigenvalue weighted by Gasteiger charge is -2.26. The molecule has 2 unspecified atom stereocenters. The van der Waals surface area contributed by atoms with Gasteiger partial charge in [0.25, 0.3) is 0 Å². The van der Waals surface area contributed by atoms with Crippen LogP contribution < -0.4 is 5.11 Å². The maximum absolute atomic E-state index is 12.9. The molecule has 0 aromatic heterocycles. The molecular weight excluding hydrogens is 1100 g/mol. The van der Waals surface area contributed by atoms with Crippen LogP contribution in [0, 0.1) is 0 Å². The summed E-state index contributed by atoms with van der Waals surface area (Å²) in [5.41, 5.74) is 0. The van der Waals surface area contributed by atoms with Crippen LogP contribution in [0.15, 0.2) is 194 Å². The van der Waals surface area contributed by atoms with Crippen molar-refractivity contribution < 1.29 is 42.9 Å². The molecule has 0 saturated heterocycles. The highest BCUT2D eigenvalue weighted by Crippen LogP contribution is 2.15. The van der Waals surface area contributed by atoms with Crippen molar-refractivity contribution in [1.82, 2.24) is 0 Å². The number of likely N-dealkylation sites (N-methyl/N-ethyl adjacent to an activating group) is 1. The zero-order valence-electron chi connectivity index (χ0n) is 56.7. The smallest absolute Gasteiger partial charge is 0.306 e. The minimum absolute atomic E-state index is 0.128. The molecule has 0 rings (SSSR count). The molecule has 0 spiro atoms. The zero-order chi connectivity index (χ0) is 64.7. The third-order valence-electron chi connectivity index (χ3n) is 13.8. The van der Waals surface area contributed by atoms with Gasteiger partial charge in [-0.3, -0.25) is 9.59 Å². The third kappa shape index (κ3) is 69.5. The molecule has 0 radical (unpaired) electrons. The minimum Gasteiger partial charge on any atom is -0.545 e. The van der Waals surface area contributed by atoms with E-state index in [1.165, 1.54) is 57.8 Å². The standard InChI is InChI=1S/C80H125NO8/c1-6-8-10-12-14-16-18-20-22-24-26-28-30-32-33-34-35-36-37-38-39-40-41-42-43-44-45-47-49-51-53-55-57-59-61-63-65-67-69-71-78(83)89-76(75-88-80(79(84)85)86-73-72-81(3,4)5)74-87-77(82)70-68-66-64-62-60-58-56-54-52-50-48-46-31-29-27-25-23-21-19-17-15-13-11-9-7-2/h8-11,14-17,20-23,26-29,32-33,35-36,38-39,41-42,44-45,49,51,55,57,61,63,76,80H,6-7,12-13,18-19,24-25,30-31,34,37,40,43,46-48,50,52-54,56,58-60,62,64-75H2,1-5H3/b10-8-,11-9-,16-14-,17-15-,22-20-,23-21-,28-26-,29-27-,33-32-,36-35-,39-38-,42-41-,45-44-,51-49-,57-55-,63-61-. The molecule has 0 N–H and O–H groups in total. The Morgan fingerprint density at radius 2 is 0.607 bits per heavy atom. The fraction of sp³-hybridized carbons (Fsp3) is 0.562. The van der Waals surface area contributed by atoms with Crippen molar-refractivity contribution in [3.8, 4) is 0 Å². The van der Waals surface area contributed by atoms with Gasteiger partial charge in [-0.15, -0.1) is 0 Å². The lowest BCUT2D eigenvalue weighted by Crippen LogP contribution is -2.44. The molecule has 0 aliphatic carbocycles. The first-order valence-corrected chi connectivity index (χ1v) is 34.6. The molecule has 0 heterocycles. The van der Waals surface area contributed by atoms with Crippen molar-refractivity contribution in [2.45, 2.75) is 245 Å². The molecule has 89 heavy (non-hydrogen) atoms. The Kier molecular flexibility index (Phi) is 63.6. The topological polar surface area (TPSA) is 111 Å².